The third-order valence-electron chi connectivity index (χ3n) is 2.54. The van der Waals surface area contributed by atoms with Crippen LogP contribution in [0.5, 0.6) is 17.2 Å². The maximum atomic E-state index is 12.7. The molecule has 0 aliphatic carbocycles. The Kier molecular flexibility index (Phi) is 5.15. The predicted molar refractivity (Wildman–Crippen MR) is 75.1 cm³/mol. The number of para-hydroxylation sites is 2. The zero-order valence-corrected chi connectivity index (χ0v) is 11.5. The van der Waals surface area contributed by atoms with Gasteiger partial charge in [0.15, 0.2) is 18.1 Å². The first kappa shape index (κ1) is 14.8. The van der Waals surface area contributed by atoms with Gasteiger partial charge in [0.25, 0.3) is 0 Å². The average Bonchev–Trinajstić information content (AvgIpc) is 2.49. The third kappa shape index (κ3) is 4.49. The van der Waals surface area contributed by atoms with Crippen LogP contribution in [-0.4, -0.2) is 19.2 Å². The summed E-state index contributed by atoms with van der Waals surface area (Å²) in [6, 6.07) is 12.2. The lowest BCUT2D eigenvalue weighted by molar-refractivity contribution is -0.136. The number of hydrogen-bond donors (Lipinski definition) is 0. The molecule has 0 heterocycles. The van der Waals surface area contributed by atoms with Crippen LogP contribution in [0.15, 0.2) is 48.5 Å². The molecule has 0 amide bonds. The second-order valence-corrected chi connectivity index (χ2v) is 4.10. The zero-order chi connectivity index (χ0) is 15.1. The van der Waals surface area contributed by atoms with Gasteiger partial charge in [-0.3, -0.25) is 0 Å². The molecule has 0 N–H and O–H groups in total. The van der Waals surface area contributed by atoms with E-state index in [9.17, 15) is 9.18 Å². The molecule has 2 aromatic rings. The molecule has 0 saturated carbocycles. The van der Waals surface area contributed by atoms with E-state index in [-0.39, 0.29) is 12.4 Å². The van der Waals surface area contributed by atoms with Gasteiger partial charge in [0, 0.05) is 0 Å². The summed E-state index contributed by atoms with van der Waals surface area (Å²) in [5.74, 6) is 0.331. The lowest BCUT2D eigenvalue weighted by atomic mass is 10.3. The molecule has 2 aromatic carbocycles. The Morgan fingerprint density at radius 3 is 2.24 bits per heavy atom. The van der Waals surface area contributed by atoms with Crippen molar-refractivity contribution in [2.45, 2.75) is 6.92 Å². The minimum Gasteiger partial charge on any atom is -0.490 e. The van der Waals surface area contributed by atoms with Crippen LogP contribution < -0.4 is 14.2 Å². The molecular formula is C16H15FO4. The van der Waals surface area contributed by atoms with Crippen molar-refractivity contribution < 1.29 is 23.4 Å². The smallest absolute Gasteiger partial charge is 0.349 e. The lowest BCUT2D eigenvalue weighted by Gasteiger charge is -2.11. The Bertz CT molecular complexity index is 595. The zero-order valence-electron chi connectivity index (χ0n) is 11.5. The molecule has 2 rings (SSSR count). The highest BCUT2D eigenvalue weighted by Crippen LogP contribution is 2.26. The summed E-state index contributed by atoms with van der Waals surface area (Å²) in [6.07, 6.45) is 0. The van der Waals surface area contributed by atoms with Crippen LogP contribution in [0.2, 0.25) is 0 Å². The molecule has 0 saturated heterocycles. The van der Waals surface area contributed by atoms with Crippen LogP contribution in [0, 0.1) is 5.82 Å². The van der Waals surface area contributed by atoms with E-state index in [0.717, 1.165) is 0 Å². The molecule has 5 heteroatoms. The summed E-state index contributed by atoms with van der Waals surface area (Å²) < 4.78 is 28.5. The van der Waals surface area contributed by atoms with Gasteiger partial charge in [-0.05, 0) is 43.3 Å². The Morgan fingerprint density at radius 1 is 1.00 bits per heavy atom. The van der Waals surface area contributed by atoms with Crippen LogP contribution in [0.25, 0.3) is 0 Å². The summed E-state index contributed by atoms with van der Waals surface area (Å²) in [7, 11) is 0. The first-order valence-corrected chi connectivity index (χ1v) is 6.50. The molecule has 0 spiro atoms. The van der Waals surface area contributed by atoms with Crippen molar-refractivity contribution in [2.75, 3.05) is 13.2 Å². The number of rotatable bonds is 6. The number of carbonyl (C=O) groups is 1. The van der Waals surface area contributed by atoms with Gasteiger partial charge < -0.3 is 14.2 Å². The normalized spacial score (nSPS) is 10.0. The van der Waals surface area contributed by atoms with Crippen molar-refractivity contribution >= 4 is 5.97 Å². The highest BCUT2D eigenvalue weighted by molar-refractivity contribution is 5.74. The molecule has 0 fully saturated rings. The molecule has 0 unspecified atom stereocenters. The first-order valence-electron chi connectivity index (χ1n) is 6.50. The van der Waals surface area contributed by atoms with Gasteiger partial charge in [-0.1, -0.05) is 12.1 Å². The quantitative estimate of drug-likeness (QED) is 0.605. The minimum absolute atomic E-state index is 0.262. The Labute approximate surface area is 122 Å². The fraction of sp³-hybridized carbons (Fsp3) is 0.188. The summed E-state index contributed by atoms with van der Waals surface area (Å²) >= 11 is 0. The molecule has 21 heavy (non-hydrogen) atoms. The van der Waals surface area contributed by atoms with Crippen molar-refractivity contribution in [2.24, 2.45) is 0 Å². The van der Waals surface area contributed by atoms with E-state index >= 15 is 0 Å². The standard InChI is InChI=1S/C16H15FO4/c1-2-19-14-5-3-4-6-15(14)20-11-16(18)21-13-9-7-12(17)8-10-13/h3-10H,2,11H2,1H3. The highest BCUT2D eigenvalue weighted by Gasteiger charge is 2.09. The molecule has 0 bridgehead atoms. The van der Waals surface area contributed by atoms with Gasteiger partial charge in [0.2, 0.25) is 0 Å². The summed E-state index contributed by atoms with van der Waals surface area (Å²) in [4.78, 5) is 11.7. The molecule has 0 atom stereocenters. The van der Waals surface area contributed by atoms with Crippen LogP contribution in [-0.2, 0) is 4.79 Å². The Balaban J connectivity index is 1.90. The van der Waals surface area contributed by atoms with Gasteiger partial charge >= 0.3 is 5.97 Å². The Morgan fingerprint density at radius 2 is 1.62 bits per heavy atom. The van der Waals surface area contributed by atoms with Gasteiger partial charge in [-0.2, -0.15) is 0 Å². The first-order chi connectivity index (χ1) is 10.2. The van der Waals surface area contributed by atoms with E-state index in [0.29, 0.717) is 18.1 Å². The maximum Gasteiger partial charge on any atom is 0.349 e. The molecule has 4 nitrogen and oxygen atoms in total. The van der Waals surface area contributed by atoms with E-state index in [1.54, 1.807) is 18.2 Å². The Hall–Kier alpha value is -2.56. The summed E-state index contributed by atoms with van der Waals surface area (Å²) in [5.41, 5.74) is 0. The third-order valence-corrected chi connectivity index (χ3v) is 2.54. The average molecular weight is 290 g/mol. The number of esters is 1. The van der Waals surface area contributed by atoms with Crippen LogP contribution >= 0.6 is 0 Å². The molecule has 0 aliphatic rings. The van der Waals surface area contributed by atoms with Crippen molar-refractivity contribution in [1.82, 2.24) is 0 Å². The largest absolute Gasteiger partial charge is 0.490 e. The fourth-order valence-electron chi connectivity index (χ4n) is 1.64. The van der Waals surface area contributed by atoms with Crippen molar-refractivity contribution in [3.63, 3.8) is 0 Å². The van der Waals surface area contributed by atoms with Crippen molar-refractivity contribution in [3.05, 3.63) is 54.3 Å². The monoisotopic (exact) mass is 290 g/mol. The number of halogens is 1. The number of ether oxygens (including phenoxy) is 3. The van der Waals surface area contributed by atoms with Gasteiger partial charge in [0.05, 0.1) is 6.61 Å². The van der Waals surface area contributed by atoms with E-state index in [4.69, 9.17) is 14.2 Å². The fourth-order valence-corrected chi connectivity index (χ4v) is 1.64. The minimum atomic E-state index is -0.576. The van der Waals surface area contributed by atoms with E-state index in [1.807, 2.05) is 13.0 Å². The molecular weight excluding hydrogens is 275 g/mol. The maximum absolute atomic E-state index is 12.7. The molecule has 0 aromatic heterocycles. The van der Waals surface area contributed by atoms with Gasteiger partial charge in [-0.25, -0.2) is 9.18 Å². The molecule has 0 radical (unpaired) electrons. The summed E-state index contributed by atoms with van der Waals surface area (Å²) in [5, 5.41) is 0. The molecule has 0 aliphatic heterocycles. The summed E-state index contributed by atoms with van der Waals surface area (Å²) in [6.45, 7) is 2.10. The van der Waals surface area contributed by atoms with Crippen molar-refractivity contribution in [1.29, 1.82) is 0 Å². The van der Waals surface area contributed by atoms with Gasteiger partial charge in [0.1, 0.15) is 11.6 Å². The number of carbonyl (C=O) groups excluding carboxylic acids is 1. The van der Waals surface area contributed by atoms with Crippen LogP contribution in [0.3, 0.4) is 0 Å². The van der Waals surface area contributed by atoms with E-state index in [2.05, 4.69) is 0 Å². The lowest BCUT2D eigenvalue weighted by Crippen LogP contribution is -2.18. The van der Waals surface area contributed by atoms with Crippen LogP contribution in [0.4, 0.5) is 4.39 Å². The van der Waals surface area contributed by atoms with E-state index in [1.165, 1.54) is 24.3 Å². The second kappa shape index (κ2) is 7.28. The number of hydrogen-bond acceptors (Lipinski definition) is 4. The van der Waals surface area contributed by atoms with Crippen LogP contribution in [0.1, 0.15) is 6.92 Å². The SMILES string of the molecule is CCOc1ccccc1OCC(=O)Oc1ccc(F)cc1. The topological polar surface area (TPSA) is 44.8 Å². The molecule has 110 valence electrons. The highest BCUT2D eigenvalue weighted by atomic mass is 19.1. The second-order valence-electron chi connectivity index (χ2n) is 4.10. The van der Waals surface area contributed by atoms with Gasteiger partial charge in [-0.15, -0.1) is 0 Å². The van der Waals surface area contributed by atoms with Crippen molar-refractivity contribution in [3.8, 4) is 17.2 Å². The predicted octanol–water partition coefficient (Wildman–Crippen LogP) is 3.21. The van der Waals surface area contributed by atoms with E-state index < -0.39 is 11.8 Å². The number of benzene rings is 2.